The highest BCUT2D eigenvalue weighted by Crippen LogP contribution is 2.55. The number of hydrogen-bond donors (Lipinski definition) is 0. The Hall–Kier alpha value is -0.00312. The summed E-state index contributed by atoms with van der Waals surface area (Å²) in [4.78, 5) is 11.2. The molecule has 0 N–H and O–H groups in total. The van der Waals surface area contributed by atoms with E-state index >= 15 is 0 Å². The maximum absolute atomic E-state index is 11.2. The third-order valence-electron chi connectivity index (χ3n) is 5.36. The summed E-state index contributed by atoms with van der Waals surface area (Å²) in [6.45, 7) is 13.1. The van der Waals surface area contributed by atoms with E-state index in [1.54, 1.807) is 0 Å². The average Bonchev–Trinajstić information content (AvgIpc) is 2.86. The molecule has 1 saturated heterocycles. The monoisotopic (exact) mass is 330 g/mol. The Labute approximate surface area is 134 Å². The normalized spacial score (nSPS) is 33.6. The van der Waals surface area contributed by atoms with Crippen molar-refractivity contribution in [2.75, 3.05) is 0 Å². The van der Waals surface area contributed by atoms with Crippen LogP contribution in [0, 0.1) is 0 Å². The summed E-state index contributed by atoms with van der Waals surface area (Å²) in [5, 5.41) is 0.245. The summed E-state index contributed by atoms with van der Waals surface area (Å²) in [5.41, 5.74) is 0.0334. The van der Waals surface area contributed by atoms with E-state index in [4.69, 9.17) is 9.16 Å². The summed E-state index contributed by atoms with van der Waals surface area (Å²) >= 11 is 1.86. The minimum Gasteiger partial charge on any atom is -0.451 e. The van der Waals surface area contributed by atoms with Crippen molar-refractivity contribution in [3.8, 4) is 0 Å². The molecule has 2 aliphatic rings. The Morgan fingerprint density at radius 3 is 2.48 bits per heavy atom. The van der Waals surface area contributed by atoms with Crippen LogP contribution < -0.4 is 0 Å². The summed E-state index contributed by atoms with van der Waals surface area (Å²) in [5.74, 6) is -0.163. The van der Waals surface area contributed by atoms with E-state index in [1.165, 1.54) is 19.8 Å². The molecule has 0 unspecified atom stereocenters. The zero-order chi connectivity index (χ0) is 15.9. The van der Waals surface area contributed by atoms with Gasteiger partial charge >= 0.3 is 5.97 Å². The van der Waals surface area contributed by atoms with Gasteiger partial charge in [0.25, 0.3) is 0 Å². The van der Waals surface area contributed by atoms with Gasteiger partial charge in [-0.15, -0.1) is 11.8 Å². The van der Waals surface area contributed by atoms with Crippen LogP contribution in [0.5, 0.6) is 0 Å². The van der Waals surface area contributed by atoms with E-state index in [0.717, 1.165) is 19.3 Å². The van der Waals surface area contributed by atoms with E-state index in [-0.39, 0.29) is 21.2 Å². The first-order valence-corrected chi connectivity index (χ1v) is 11.9. The minimum absolute atomic E-state index is 0.0334. The third-order valence-corrected chi connectivity index (χ3v) is 11.6. The van der Waals surface area contributed by atoms with Gasteiger partial charge in [-0.3, -0.25) is 4.79 Å². The van der Waals surface area contributed by atoms with Gasteiger partial charge in [0.05, 0.1) is 6.10 Å². The van der Waals surface area contributed by atoms with E-state index in [2.05, 4.69) is 33.9 Å². The molecule has 3 nitrogen and oxygen atoms in total. The fourth-order valence-electron chi connectivity index (χ4n) is 3.14. The SMILES string of the molecule is CC(=O)O[C@@H]1CC[C@@]2(CCC[C@H]2O[Si](C)(C)C(C)(C)C)S1. The van der Waals surface area contributed by atoms with Crippen LogP contribution >= 0.6 is 11.8 Å². The molecule has 0 amide bonds. The number of rotatable bonds is 3. The quantitative estimate of drug-likeness (QED) is 0.554. The molecule has 1 saturated carbocycles. The molecule has 1 aliphatic heterocycles. The molecule has 1 spiro atoms. The highest BCUT2D eigenvalue weighted by Gasteiger charge is 2.53. The van der Waals surface area contributed by atoms with Crippen molar-refractivity contribution < 1.29 is 14.0 Å². The Morgan fingerprint density at radius 1 is 1.24 bits per heavy atom. The number of carbonyl (C=O) groups is 1. The number of ether oxygens (including phenoxy) is 1. The summed E-state index contributed by atoms with van der Waals surface area (Å²) in [6.07, 6.45) is 6.03. The summed E-state index contributed by atoms with van der Waals surface area (Å²) in [7, 11) is -1.74. The molecule has 1 heterocycles. The van der Waals surface area contributed by atoms with Gasteiger partial charge in [0.1, 0.15) is 5.44 Å². The van der Waals surface area contributed by atoms with Crippen molar-refractivity contribution in [1.82, 2.24) is 0 Å². The van der Waals surface area contributed by atoms with E-state index in [9.17, 15) is 4.79 Å². The third kappa shape index (κ3) is 3.67. The Bertz CT molecular complexity index is 405. The van der Waals surface area contributed by atoms with Crippen LogP contribution in [0.1, 0.15) is 59.8 Å². The Balaban J connectivity index is 2.06. The van der Waals surface area contributed by atoms with Crippen LogP contribution in [0.25, 0.3) is 0 Å². The number of hydrogen-bond acceptors (Lipinski definition) is 4. The van der Waals surface area contributed by atoms with E-state index in [1.807, 2.05) is 11.8 Å². The molecule has 0 aromatic carbocycles. The lowest BCUT2D eigenvalue weighted by Gasteiger charge is -2.42. The second-order valence-electron chi connectivity index (χ2n) is 8.02. The second-order valence-corrected chi connectivity index (χ2v) is 14.4. The molecule has 21 heavy (non-hydrogen) atoms. The largest absolute Gasteiger partial charge is 0.451 e. The standard InChI is InChI=1S/C16H30O3SSi/c1-12(17)18-14-9-11-16(20-14)10-7-8-13(16)19-21(5,6)15(2,3)4/h13-14H,7-11H2,1-6H3/t13-,14+,16-/m1/s1. The molecule has 5 heteroatoms. The van der Waals surface area contributed by atoms with Crippen molar-refractivity contribution in [2.24, 2.45) is 0 Å². The molecular formula is C16H30O3SSi. The molecule has 2 rings (SSSR count). The van der Waals surface area contributed by atoms with Gasteiger partial charge in [0, 0.05) is 11.7 Å². The lowest BCUT2D eigenvalue weighted by Crippen LogP contribution is -2.48. The van der Waals surface area contributed by atoms with Crippen LogP contribution in [0.4, 0.5) is 0 Å². The van der Waals surface area contributed by atoms with Crippen molar-refractivity contribution in [1.29, 1.82) is 0 Å². The summed E-state index contributed by atoms with van der Waals surface area (Å²) < 4.78 is 12.3. The predicted octanol–water partition coefficient (Wildman–Crippen LogP) is 4.72. The zero-order valence-corrected chi connectivity index (χ0v) is 16.1. The number of carbonyl (C=O) groups excluding carboxylic acids is 1. The molecule has 0 bridgehead atoms. The van der Waals surface area contributed by atoms with Crippen LogP contribution in [0.15, 0.2) is 0 Å². The van der Waals surface area contributed by atoms with Crippen molar-refractivity contribution in [3.63, 3.8) is 0 Å². The maximum atomic E-state index is 11.2. The smallest absolute Gasteiger partial charge is 0.303 e. The lowest BCUT2D eigenvalue weighted by molar-refractivity contribution is -0.142. The van der Waals surface area contributed by atoms with Gasteiger partial charge in [-0.25, -0.2) is 0 Å². The molecule has 0 aromatic heterocycles. The van der Waals surface area contributed by atoms with Crippen LogP contribution in [-0.2, 0) is 14.0 Å². The van der Waals surface area contributed by atoms with Gasteiger partial charge in [0.2, 0.25) is 0 Å². The van der Waals surface area contributed by atoms with Crippen molar-refractivity contribution in [3.05, 3.63) is 0 Å². The maximum Gasteiger partial charge on any atom is 0.303 e. The molecule has 1 aliphatic carbocycles. The second kappa shape index (κ2) is 5.89. The first-order chi connectivity index (χ1) is 9.56. The Kier molecular flexibility index (Phi) is 4.87. The predicted molar refractivity (Wildman–Crippen MR) is 91.0 cm³/mol. The minimum atomic E-state index is -1.74. The van der Waals surface area contributed by atoms with E-state index in [0.29, 0.717) is 6.10 Å². The van der Waals surface area contributed by atoms with Gasteiger partial charge < -0.3 is 9.16 Å². The van der Waals surface area contributed by atoms with Crippen LogP contribution in [0.3, 0.4) is 0 Å². The van der Waals surface area contributed by atoms with E-state index < -0.39 is 8.32 Å². The van der Waals surface area contributed by atoms with Crippen molar-refractivity contribution in [2.45, 2.75) is 94.2 Å². The average molecular weight is 331 g/mol. The Morgan fingerprint density at radius 2 is 1.90 bits per heavy atom. The molecule has 0 aromatic rings. The molecule has 0 radical (unpaired) electrons. The van der Waals surface area contributed by atoms with Gasteiger partial charge in [0.15, 0.2) is 8.32 Å². The molecule has 2 fully saturated rings. The first-order valence-electron chi connectivity index (χ1n) is 8.09. The molecular weight excluding hydrogens is 300 g/mol. The topological polar surface area (TPSA) is 35.5 Å². The molecule has 3 atom stereocenters. The lowest BCUT2D eigenvalue weighted by atomic mass is 9.99. The molecule has 122 valence electrons. The first kappa shape index (κ1) is 17.4. The van der Waals surface area contributed by atoms with Crippen LogP contribution in [-0.4, -0.2) is 30.6 Å². The fraction of sp³-hybridized carbons (Fsp3) is 0.938. The van der Waals surface area contributed by atoms with Crippen molar-refractivity contribution >= 4 is 26.0 Å². The fourth-order valence-corrected chi connectivity index (χ4v) is 6.39. The summed E-state index contributed by atoms with van der Waals surface area (Å²) in [6, 6.07) is 0. The van der Waals surface area contributed by atoms with Gasteiger partial charge in [-0.05, 0) is 50.2 Å². The number of thioether (sulfide) groups is 1. The highest BCUT2D eigenvalue weighted by atomic mass is 32.2. The van der Waals surface area contributed by atoms with Gasteiger partial charge in [-0.1, -0.05) is 20.8 Å². The number of esters is 1. The van der Waals surface area contributed by atoms with Gasteiger partial charge in [-0.2, -0.15) is 0 Å². The zero-order valence-electron chi connectivity index (χ0n) is 14.3. The highest BCUT2D eigenvalue weighted by molar-refractivity contribution is 8.01. The van der Waals surface area contributed by atoms with Crippen LogP contribution in [0.2, 0.25) is 18.1 Å².